The Balaban J connectivity index is 1.41. The molecule has 4 rings (SSSR count). The molecular weight excluding hydrogens is 515 g/mol. The number of amides is 1. The number of tetrazole rings is 1. The topological polar surface area (TPSA) is 126 Å². The van der Waals surface area contributed by atoms with Crippen molar-refractivity contribution >= 4 is 28.1 Å². The van der Waals surface area contributed by atoms with Gasteiger partial charge in [0.15, 0.2) is 24.1 Å². The van der Waals surface area contributed by atoms with Gasteiger partial charge in [0.05, 0.1) is 5.69 Å². The molecule has 37 heavy (non-hydrogen) atoms. The lowest BCUT2D eigenvalue weighted by Crippen LogP contribution is -2.20. The van der Waals surface area contributed by atoms with Crippen molar-refractivity contribution < 1.29 is 32.3 Å². The van der Waals surface area contributed by atoms with Gasteiger partial charge in [-0.3, -0.25) is 10.1 Å². The smallest absolute Gasteiger partial charge is 0.484 e. The van der Waals surface area contributed by atoms with Crippen LogP contribution in [-0.4, -0.2) is 49.8 Å². The Labute approximate surface area is 211 Å². The lowest BCUT2D eigenvalue weighted by atomic mass is 10.1. The van der Waals surface area contributed by atoms with Gasteiger partial charge >= 0.3 is 6.36 Å². The van der Waals surface area contributed by atoms with Crippen LogP contribution in [0.1, 0.15) is 17.1 Å². The fourth-order valence-corrected chi connectivity index (χ4v) is 3.62. The van der Waals surface area contributed by atoms with Crippen molar-refractivity contribution in [2.45, 2.75) is 13.0 Å². The zero-order valence-corrected chi connectivity index (χ0v) is 19.9. The minimum atomic E-state index is -4.86. The van der Waals surface area contributed by atoms with E-state index in [-0.39, 0.29) is 36.2 Å². The third-order valence-corrected chi connectivity index (χ3v) is 5.26. The molecule has 2 heterocycles. The number of thiazole rings is 1. The highest BCUT2D eigenvalue weighted by Gasteiger charge is 2.31. The summed E-state index contributed by atoms with van der Waals surface area (Å²) in [4.78, 5) is 21.8. The van der Waals surface area contributed by atoms with E-state index in [1.54, 1.807) is 29.6 Å². The Kier molecular flexibility index (Phi) is 7.92. The number of oxime groups is 1. The molecule has 4 aromatic rings. The second-order valence-electron chi connectivity index (χ2n) is 7.21. The number of nitrogens with one attached hydrogen (secondary N) is 1. The number of carbonyl (C=O) groups excluding carboxylic acids is 1. The Morgan fingerprint density at radius 2 is 1.92 bits per heavy atom. The van der Waals surface area contributed by atoms with Gasteiger partial charge in [-0.05, 0) is 34.7 Å². The first-order valence-corrected chi connectivity index (χ1v) is 11.4. The Bertz CT molecular complexity index is 1380. The molecule has 2 aromatic heterocycles. The van der Waals surface area contributed by atoms with Gasteiger partial charge in [0.25, 0.3) is 5.91 Å². The summed E-state index contributed by atoms with van der Waals surface area (Å²) in [5.74, 6) is -0.118. The highest BCUT2D eigenvalue weighted by molar-refractivity contribution is 7.13. The van der Waals surface area contributed by atoms with E-state index < -0.39 is 12.1 Å². The second-order valence-corrected chi connectivity index (χ2v) is 8.07. The van der Waals surface area contributed by atoms with Gasteiger partial charge < -0.3 is 14.3 Å². The number of halogens is 3. The molecule has 0 saturated carbocycles. The number of hydrogen-bond donors (Lipinski definition) is 1. The molecule has 1 N–H and O–H groups in total. The van der Waals surface area contributed by atoms with Gasteiger partial charge in [-0.15, -0.1) is 29.6 Å². The lowest BCUT2D eigenvalue weighted by molar-refractivity contribution is -0.274. The first-order chi connectivity index (χ1) is 17.8. The molecule has 0 unspecified atom stereocenters. The molecular formula is C22H18F3N7O4S. The summed E-state index contributed by atoms with van der Waals surface area (Å²) in [6, 6.07) is 14.1. The van der Waals surface area contributed by atoms with Crippen molar-refractivity contribution in [3.8, 4) is 11.5 Å². The van der Waals surface area contributed by atoms with Crippen molar-refractivity contribution in [1.29, 1.82) is 0 Å². The van der Waals surface area contributed by atoms with E-state index in [0.717, 1.165) is 12.1 Å². The van der Waals surface area contributed by atoms with Gasteiger partial charge in [-0.1, -0.05) is 35.5 Å². The number of rotatable bonds is 10. The van der Waals surface area contributed by atoms with E-state index in [0.29, 0.717) is 16.6 Å². The molecule has 15 heteroatoms. The summed E-state index contributed by atoms with van der Waals surface area (Å²) in [5.41, 5.74) is 0.754. The SMILES string of the molecule is Cn1nnnc1C(=NOCc1csc(NC(=O)COc2ccccc2)n1)c1cccc(OC(F)(F)F)c1. The predicted octanol–water partition coefficient (Wildman–Crippen LogP) is 3.55. The summed E-state index contributed by atoms with van der Waals surface area (Å²) in [7, 11) is 1.54. The van der Waals surface area contributed by atoms with Crippen molar-refractivity contribution in [1.82, 2.24) is 25.2 Å². The number of aromatic nitrogens is 5. The highest BCUT2D eigenvalue weighted by Crippen LogP contribution is 2.24. The van der Waals surface area contributed by atoms with E-state index in [9.17, 15) is 18.0 Å². The number of nitrogens with zero attached hydrogens (tertiary/aromatic N) is 6. The fraction of sp³-hybridized carbons (Fsp3) is 0.182. The summed E-state index contributed by atoms with van der Waals surface area (Å²) in [6.45, 7) is -0.285. The molecule has 0 aliphatic rings. The Hall–Kier alpha value is -4.53. The number of hydrogen-bond acceptors (Lipinski definition) is 10. The summed E-state index contributed by atoms with van der Waals surface area (Å²) >= 11 is 1.18. The first-order valence-electron chi connectivity index (χ1n) is 10.5. The van der Waals surface area contributed by atoms with Gasteiger partial charge in [0.2, 0.25) is 5.82 Å². The molecule has 0 saturated heterocycles. The van der Waals surface area contributed by atoms with E-state index in [2.05, 4.69) is 35.7 Å². The first kappa shape index (κ1) is 25.6. The van der Waals surface area contributed by atoms with Crippen molar-refractivity contribution in [3.63, 3.8) is 0 Å². The highest BCUT2D eigenvalue weighted by atomic mass is 32.1. The number of para-hydroxylation sites is 1. The van der Waals surface area contributed by atoms with Crippen LogP contribution in [0.2, 0.25) is 0 Å². The second kappa shape index (κ2) is 11.5. The molecule has 0 aliphatic heterocycles. The number of benzene rings is 2. The van der Waals surface area contributed by atoms with Crippen LogP contribution in [0.25, 0.3) is 0 Å². The number of carbonyl (C=O) groups is 1. The number of anilines is 1. The molecule has 0 aliphatic carbocycles. The number of alkyl halides is 3. The Morgan fingerprint density at radius 1 is 1.14 bits per heavy atom. The summed E-state index contributed by atoms with van der Waals surface area (Å²) in [5, 5.41) is 19.8. The van der Waals surface area contributed by atoms with Crippen LogP contribution in [-0.2, 0) is 23.3 Å². The quantitative estimate of drug-likeness (QED) is 0.242. The van der Waals surface area contributed by atoms with Crippen LogP contribution in [0.3, 0.4) is 0 Å². The minimum Gasteiger partial charge on any atom is -0.484 e. The normalized spacial score (nSPS) is 11.7. The zero-order valence-electron chi connectivity index (χ0n) is 19.0. The Morgan fingerprint density at radius 3 is 2.65 bits per heavy atom. The molecule has 0 bridgehead atoms. The van der Waals surface area contributed by atoms with Crippen LogP contribution in [0.4, 0.5) is 18.3 Å². The van der Waals surface area contributed by atoms with Crippen molar-refractivity contribution in [2.24, 2.45) is 12.2 Å². The number of aryl methyl sites for hydroxylation is 1. The number of ether oxygens (including phenoxy) is 2. The zero-order chi connectivity index (χ0) is 26.3. The van der Waals surface area contributed by atoms with E-state index in [4.69, 9.17) is 9.57 Å². The van der Waals surface area contributed by atoms with Crippen molar-refractivity contribution in [2.75, 3.05) is 11.9 Å². The van der Waals surface area contributed by atoms with Crippen LogP contribution in [0.5, 0.6) is 11.5 Å². The molecule has 0 radical (unpaired) electrons. The molecule has 0 atom stereocenters. The molecule has 1 amide bonds. The monoisotopic (exact) mass is 533 g/mol. The van der Waals surface area contributed by atoms with Gasteiger partial charge in [-0.2, -0.15) is 0 Å². The van der Waals surface area contributed by atoms with Crippen LogP contribution in [0, 0.1) is 0 Å². The standard InChI is InChI=1S/C22H18F3N7O4S/c1-32-20(28-30-31-32)19(14-6-5-9-17(10-14)36-22(23,24)25)29-35-11-15-13-37-21(26-15)27-18(33)12-34-16-7-3-2-4-8-16/h2-10,13H,11-12H2,1H3,(H,26,27,33). The van der Waals surface area contributed by atoms with Crippen molar-refractivity contribution in [3.05, 3.63) is 77.1 Å². The van der Waals surface area contributed by atoms with Gasteiger partial charge in [0.1, 0.15) is 11.5 Å². The maximum absolute atomic E-state index is 12.7. The van der Waals surface area contributed by atoms with Crippen LogP contribution < -0.4 is 14.8 Å². The van der Waals surface area contributed by atoms with Gasteiger partial charge in [0, 0.05) is 18.0 Å². The molecule has 192 valence electrons. The van der Waals surface area contributed by atoms with E-state index >= 15 is 0 Å². The fourth-order valence-electron chi connectivity index (χ4n) is 2.91. The third kappa shape index (κ3) is 7.47. The third-order valence-electron chi connectivity index (χ3n) is 4.45. The molecule has 0 fully saturated rings. The lowest BCUT2D eigenvalue weighted by Gasteiger charge is -2.10. The molecule has 11 nitrogen and oxygen atoms in total. The average molecular weight is 533 g/mol. The van der Waals surface area contributed by atoms with Gasteiger partial charge in [-0.25, -0.2) is 9.67 Å². The van der Waals surface area contributed by atoms with Crippen LogP contribution in [0.15, 0.2) is 65.1 Å². The minimum absolute atomic E-state index is 0.0712. The average Bonchev–Trinajstić information content (AvgIpc) is 3.49. The maximum atomic E-state index is 12.7. The maximum Gasteiger partial charge on any atom is 0.573 e. The van der Waals surface area contributed by atoms with E-state index in [1.165, 1.54) is 35.2 Å². The molecule has 0 spiro atoms. The van der Waals surface area contributed by atoms with E-state index in [1.807, 2.05) is 6.07 Å². The summed E-state index contributed by atoms with van der Waals surface area (Å²) < 4.78 is 48.6. The largest absolute Gasteiger partial charge is 0.573 e. The van der Waals surface area contributed by atoms with Crippen LogP contribution >= 0.6 is 11.3 Å². The molecule has 2 aromatic carbocycles. The summed E-state index contributed by atoms with van der Waals surface area (Å²) in [6.07, 6.45) is -4.86. The predicted molar refractivity (Wildman–Crippen MR) is 125 cm³/mol.